The number of nitrogens with zero attached hydrogens (tertiary/aromatic N) is 1. The molecule has 1 heteroatoms. The molecule has 0 saturated heterocycles. The van der Waals surface area contributed by atoms with Gasteiger partial charge in [-0.3, -0.25) is 0 Å². The molecule has 0 aliphatic rings. The minimum absolute atomic E-state index is 0.327. The van der Waals surface area contributed by atoms with Gasteiger partial charge < -0.3 is 4.90 Å². The fraction of sp³-hybridized carbons (Fsp3) is 0.429. The molecule has 1 aromatic carbocycles. The first-order valence-corrected chi connectivity index (χ1v) is 5.34. The number of rotatable bonds is 2. The van der Waals surface area contributed by atoms with Gasteiger partial charge in [0, 0.05) is 26.1 Å². The predicted octanol–water partition coefficient (Wildman–Crippen LogP) is 2.95. The van der Waals surface area contributed by atoms with Crippen LogP contribution in [0.3, 0.4) is 0 Å². The van der Waals surface area contributed by atoms with Crippen LogP contribution in [-0.4, -0.2) is 19.0 Å². The van der Waals surface area contributed by atoms with Crippen molar-refractivity contribution >= 4 is 0 Å². The third-order valence-electron chi connectivity index (χ3n) is 2.27. The zero-order chi connectivity index (χ0) is 11.3. The molecule has 0 spiro atoms. The average molecular weight is 201 g/mol. The summed E-state index contributed by atoms with van der Waals surface area (Å²) in [6, 6.07) is 13.6. The van der Waals surface area contributed by atoms with E-state index < -0.39 is 0 Å². The maximum Gasteiger partial charge on any atom is 0.0493 e. The molecule has 80 valence electrons. The molecule has 0 heterocycles. The van der Waals surface area contributed by atoms with Crippen molar-refractivity contribution in [2.24, 2.45) is 5.92 Å². The van der Waals surface area contributed by atoms with Crippen molar-refractivity contribution in [3.8, 4) is 12.0 Å². The second kappa shape index (κ2) is 5.46. The van der Waals surface area contributed by atoms with E-state index in [-0.39, 0.29) is 0 Å². The largest absolute Gasteiger partial charge is 0.339 e. The molecule has 0 aliphatic heterocycles. The lowest BCUT2D eigenvalue weighted by Crippen LogP contribution is -2.07. The van der Waals surface area contributed by atoms with Crippen molar-refractivity contribution in [3.05, 3.63) is 35.9 Å². The van der Waals surface area contributed by atoms with Gasteiger partial charge in [-0.1, -0.05) is 50.1 Å². The van der Waals surface area contributed by atoms with E-state index in [0.29, 0.717) is 11.8 Å². The molecule has 0 aromatic heterocycles. The van der Waals surface area contributed by atoms with Gasteiger partial charge in [0.1, 0.15) is 0 Å². The zero-order valence-electron chi connectivity index (χ0n) is 9.99. The summed E-state index contributed by atoms with van der Waals surface area (Å²) in [7, 11) is 3.94. The van der Waals surface area contributed by atoms with Crippen molar-refractivity contribution in [2.45, 2.75) is 19.8 Å². The fourth-order valence-corrected chi connectivity index (χ4v) is 1.49. The third-order valence-corrected chi connectivity index (χ3v) is 2.27. The van der Waals surface area contributed by atoms with Crippen molar-refractivity contribution in [2.75, 3.05) is 14.1 Å². The van der Waals surface area contributed by atoms with Gasteiger partial charge in [0.2, 0.25) is 0 Å². The maximum absolute atomic E-state index is 3.31. The lowest BCUT2D eigenvalue weighted by molar-refractivity contribution is 0.572. The molecule has 0 amide bonds. The van der Waals surface area contributed by atoms with Crippen LogP contribution in [-0.2, 0) is 0 Å². The number of hydrogen-bond acceptors (Lipinski definition) is 1. The Balaban J connectivity index is 2.91. The summed E-state index contributed by atoms with van der Waals surface area (Å²) in [5.41, 5.74) is 1.31. The Hall–Kier alpha value is -1.42. The van der Waals surface area contributed by atoms with Crippen molar-refractivity contribution < 1.29 is 0 Å². The van der Waals surface area contributed by atoms with E-state index in [1.165, 1.54) is 5.56 Å². The first kappa shape index (κ1) is 11.7. The SMILES string of the molecule is CC(C)C(C#CN(C)C)c1ccccc1. The Labute approximate surface area is 93.1 Å². The predicted molar refractivity (Wildman–Crippen MR) is 65.5 cm³/mol. The van der Waals surface area contributed by atoms with E-state index in [0.717, 1.165) is 0 Å². The Morgan fingerprint density at radius 3 is 2.13 bits per heavy atom. The molecular weight excluding hydrogens is 182 g/mol. The fourth-order valence-electron chi connectivity index (χ4n) is 1.49. The number of benzene rings is 1. The van der Waals surface area contributed by atoms with Crippen LogP contribution in [0.5, 0.6) is 0 Å². The van der Waals surface area contributed by atoms with E-state index in [9.17, 15) is 0 Å². The molecule has 1 nitrogen and oxygen atoms in total. The normalized spacial score (nSPS) is 11.8. The average Bonchev–Trinajstić information content (AvgIpc) is 2.18. The first-order valence-electron chi connectivity index (χ1n) is 5.34. The van der Waals surface area contributed by atoms with Crippen LogP contribution in [0.4, 0.5) is 0 Å². The summed E-state index contributed by atoms with van der Waals surface area (Å²) in [6.07, 6.45) is 0. The van der Waals surface area contributed by atoms with E-state index >= 15 is 0 Å². The van der Waals surface area contributed by atoms with E-state index in [2.05, 4.69) is 50.1 Å². The van der Waals surface area contributed by atoms with E-state index in [1.54, 1.807) is 0 Å². The zero-order valence-corrected chi connectivity index (χ0v) is 9.99. The van der Waals surface area contributed by atoms with Crippen molar-refractivity contribution in [1.82, 2.24) is 4.90 Å². The van der Waals surface area contributed by atoms with Crippen LogP contribution in [0, 0.1) is 17.9 Å². The molecule has 0 aliphatic carbocycles. The van der Waals surface area contributed by atoms with Crippen LogP contribution in [0.1, 0.15) is 25.3 Å². The minimum atomic E-state index is 0.327. The first-order chi connectivity index (χ1) is 7.11. The molecule has 0 N–H and O–H groups in total. The molecule has 1 unspecified atom stereocenters. The quantitative estimate of drug-likeness (QED) is 0.525. The summed E-state index contributed by atoms with van der Waals surface area (Å²) in [4.78, 5) is 1.90. The van der Waals surface area contributed by atoms with Gasteiger partial charge >= 0.3 is 0 Å². The smallest absolute Gasteiger partial charge is 0.0493 e. The minimum Gasteiger partial charge on any atom is -0.339 e. The van der Waals surface area contributed by atoms with Gasteiger partial charge in [-0.05, 0) is 11.5 Å². The summed E-state index contributed by atoms with van der Waals surface area (Å²) in [6.45, 7) is 4.42. The summed E-state index contributed by atoms with van der Waals surface area (Å²) in [5, 5.41) is 0. The molecule has 15 heavy (non-hydrogen) atoms. The van der Waals surface area contributed by atoms with Crippen molar-refractivity contribution in [1.29, 1.82) is 0 Å². The van der Waals surface area contributed by atoms with Crippen LogP contribution in [0.25, 0.3) is 0 Å². The van der Waals surface area contributed by atoms with Gasteiger partial charge in [0.25, 0.3) is 0 Å². The van der Waals surface area contributed by atoms with Crippen LogP contribution < -0.4 is 0 Å². The summed E-state index contributed by atoms with van der Waals surface area (Å²) >= 11 is 0. The molecule has 0 radical (unpaired) electrons. The number of hydrogen-bond donors (Lipinski definition) is 0. The van der Waals surface area contributed by atoms with Gasteiger partial charge in [0.05, 0.1) is 0 Å². The highest BCUT2D eigenvalue weighted by Crippen LogP contribution is 2.22. The Bertz CT molecular complexity index is 341. The topological polar surface area (TPSA) is 3.24 Å². The van der Waals surface area contributed by atoms with E-state index in [1.807, 2.05) is 25.1 Å². The lowest BCUT2D eigenvalue weighted by atomic mass is 9.89. The molecule has 1 atom stereocenters. The Kier molecular flexibility index (Phi) is 4.24. The second-order valence-corrected chi connectivity index (χ2v) is 4.28. The van der Waals surface area contributed by atoms with Gasteiger partial charge in [-0.25, -0.2) is 0 Å². The third kappa shape index (κ3) is 3.67. The molecule has 0 fully saturated rings. The lowest BCUT2D eigenvalue weighted by Gasteiger charge is -2.15. The van der Waals surface area contributed by atoms with Gasteiger partial charge in [-0.15, -0.1) is 0 Å². The van der Waals surface area contributed by atoms with Crippen LogP contribution >= 0.6 is 0 Å². The molecule has 0 bridgehead atoms. The summed E-state index contributed by atoms with van der Waals surface area (Å²) < 4.78 is 0. The highest BCUT2D eigenvalue weighted by molar-refractivity contribution is 5.28. The molecule has 1 rings (SSSR count). The van der Waals surface area contributed by atoms with Gasteiger partial charge in [0.15, 0.2) is 0 Å². The van der Waals surface area contributed by atoms with Crippen LogP contribution in [0.15, 0.2) is 30.3 Å². The van der Waals surface area contributed by atoms with Crippen LogP contribution in [0.2, 0.25) is 0 Å². The summed E-state index contributed by atoms with van der Waals surface area (Å²) in [5.74, 6) is 4.18. The van der Waals surface area contributed by atoms with E-state index in [4.69, 9.17) is 0 Å². The Morgan fingerprint density at radius 2 is 1.67 bits per heavy atom. The highest BCUT2D eigenvalue weighted by atomic mass is 15.0. The monoisotopic (exact) mass is 201 g/mol. The van der Waals surface area contributed by atoms with Gasteiger partial charge in [-0.2, -0.15) is 0 Å². The maximum atomic E-state index is 3.31. The molecular formula is C14H19N. The second-order valence-electron chi connectivity index (χ2n) is 4.28. The molecule has 1 aromatic rings. The highest BCUT2D eigenvalue weighted by Gasteiger charge is 2.12. The standard InChI is InChI=1S/C14H19N/c1-12(2)14(10-11-15(3)4)13-8-6-5-7-9-13/h5-9,12,14H,1-4H3. The Morgan fingerprint density at radius 1 is 1.07 bits per heavy atom. The molecule has 0 saturated carbocycles. The van der Waals surface area contributed by atoms with Crippen molar-refractivity contribution in [3.63, 3.8) is 0 Å².